The summed E-state index contributed by atoms with van der Waals surface area (Å²) >= 11 is 6.08. The fourth-order valence-electron chi connectivity index (χ4n) is 4.03. The summed E-state index contributed by atoms with van der Waals surface area (Å²) in [4.78, 5) is 2.52. The highest BCUT2D eigenvalue weighted by Crippen LogP contribution is 2.26. The van der Waals surface area contributed by atoms with Crippen LogP contribution in [0.4, 0.5) is 0 Å². The second-order valence-electron chi connectivity index (χ2n) is 7.19. The minimum atomic E-state index is -0.106. The van der Waals surface area contributed by atoms with Crippen molar-refractivity contribution in [2.75, 3.05) is 13.1 Å². The summed E-state index contributed by atoms with van der Waals surface area (Å²) in [7, 11) is 0. The molecular formula is C19H29ClN2O. The standard InChI is InChI=1S/C19H29ClN2O/c1-14-12-15(6-7-17(14)20)13-21-16-8-10-22(11-9-16)18-4-2-3-5-19(18)23/h6-7,12,16,18-19,21,23H,2-5,8-11,13H2,1H3. The molecule has 1 aliphatic carbocycles. The number of halogens is 1. The van der Waals surface area contributed by atoms with E-state index >= 15 is 0 Å². The van der Waals surface area contributed by atoms with E-state index in [4.69, 9.17) is 11.6 Å². The Morgan fingerprint density at radius 1 is 1.17 bits per heavy atom. The van der Waals surface area contributed by atoms with Crippen molar-refractivity contribution in [2.24, 2.45) is 0 Å². The molecule has 0 spiro atoms. The van der Waals surface area contributed by atoms with E-state index in [1.165, 1.54) is 37.7 Å². The molecule has 1 heterocycles. The number of nitrogens with zero attached hydrogens (tertiary/aromatic N) is 1. The van der Waals surface area contributed by atoms with Crippen LogP contribution in [0.2, 0.25) is 5.02 Å². The summed E-state index contributed by atoms with van der Waals surface area (Å²) < 4.78 is 0. The predicted octanol–water partition coefficient (Wildman–Crippen LogP) is 3.51. The number of likely N-dealkylation sites (tertiary alicyclic amines) is 1. The molecule has 1 saturated carbocycles. The van der Waals surface area contributed by atoms with E-state index in [1.54, 1.807) is 0 Å². The molecule has 1 aromatic carbocycles. The van der Waals surface area contributed by atoms with Gasteiger partial charge >= 0.3 is 0 Å². The van der Waals surface area contributed by atoms with Crippen LogP contribution < -0.4 is 5.32 Å². The Kier molecular flexibility index (Phi) is 5.97. The lowest BCUT2D eigenvalue weighted by Gasteiger charge is -2.41. The quantitative estimate of drug-likeness (QED) is 0.883. The van der Waals surface area contributed by atoms with Crippen molar-refractivity contribution < 1.29 is 5.11 Å². The number of benzene rings is 1. The molecule has 3 nitrogen and oxygen atoms in total. The van der Waals surface area contributed by atoms with Crippen LogP contribution in [-0.2, 0) is 6.54 Å². The molecule has 2 atom stereocenters. The van der Waals surface area contributed by atoms with Crippen molar-refractivity contribution in [3.8, 4) is 0 Å². The Hall–Kier alpha value is -0.610. The lowest BCUT2D eigenvalue weighted by Crippen LogP contribution is -2.51. The van der Waals surface area contributed by atoms with Crippen LogP contribution in [0.15, 0.2) is 18.2 Å². The molecule has 4 heteroatoms. The van der Waals surface area contributed by atoms with Gasteiger partial charge in [-0.25, -0.2) is 0 Å². The first-order chi connectivity index (χ1) is 11.1. The summed E-state index contributed by atoms with van der Waals surface area (Å²) in [5.74, 6) is 0. The minimum Gasteiger partial charge on any atom is -0.391 e. The van der Waals surface area contributed by atoms with Gasteiger partial charge in [-0.2, -0.15) is 0 Å². The van der Waals surface area contributed by atoms with Crippen LogP contribution in [0, 0.1) is 6.92 Å². The molecule has 2 unspecified atom stereocenters. The Morgan fingerprint density at radius 2 is 1.91 bits per heavy atom. The maximum absolute atomic E-state index is 10.2. The maximum Gasteiger partial charge on any atom is 0.0695 e. The largest absolute Gasteiger partial charge is 0.391 e. The summed E-state index contributed by atoms with van der Waals surface area (Å²) in [5, 5.41) is 14.7. The number of aliphatic hydroxyl groups is 1. The number of nitrogens with one attached hydrogen (secondary N) is 1. The highest BCUT2D eigenvalue weighted by atomic mass is 35.5. The molecule has 1 aliphatic heterocycles. The monoisotopic (exact) mass is 336 g/mol. The molecule has 1 aromatic rings. The third kappa shape index (κ3) is 4.48. The first kappa shape index (κ1) is 17.2. The van der Waals surface area contributed by atoms with Crippen molar-refractivity contribution in [1.82, 2.24) is 10.2 Å². The minimum absolute atomic E-state index is 0.106. The average molecular weight is 337 g/mol. The number of piperidine rings is 1. The van der Waals surface area contributed by atoms with Gasteiger partial charge in [0.05, 0.1) is 6.10 Å². The van der Waals surface area contributed by atoms with Crippen molar-refractivity contribution in [2.45, 2.75) is 70.2 Å². The van der Waals surface area contributed by atoms with E-state index < -0.39 is 0 Å². The summed E-state index contributed by atoms with van der Waals surface area (Å²) in [6.07, 6.45) is 6.87. The first-order valence-corrected chi connectivity index (χ1v) is 9.42. The van der Waals surface area contributed by atoms with Crippen LogP contribution in [0.5, 0.6) is 0 Å². The maximum atomic E-state index is 10.2. The average Bonchev–Trinajstić information content (AvgIpc) is 2.57. The van der Waals surface area contributed by atoms with E-state index in [-0.39, 0.29) is 6.10 Å². The van der Waals surface area contributed by atoms with Crippen LogP contribution in [0.25, 0.3) is 0 Å². The molecule has 128 valence electrons. The Balaban J connectivity index is 1.44. The van der Waals surface area contributed by atoms with Gasteiger partial charge in [-0.05, 0) is 49.8 Å². The molecule has 2 N–H and O–H groups in total. The van der Waals surface area contributed by atoms with Gasteiger partial charge in [-0.3, -0.25) is 4.90 Å². The smallest absolute Gasteiger partial charge is 0.0695 e. The SMILES string of the molecule is Cc1cc(CNC2CCN(C3CCCCC3O)CC2)ccc1Cl. The van der Waals surface area contributed by atoms with Gasteiger partial charge in [-0.1, -0.05) is 36.6 Å². The normalized spacial score (nSPS) is 27.3. The number of rotatable bonds is 4. The van der Waals surface area contributed by atoms with Gasteiger partial charge < -0.3 is 10.4 Å². The molecule has 0 radical (unpaired) electrons. The molecule has 0 amide bonds. The fourth-order valence-corrected chi connectivity index (χ4v) is 4.15. The molecule has 3 rings (SSSR count). The van der Waals surface area contributed by atoms with Crippen LogP contribution in [-0.4, -0.2) is 41.3 Å². The zero-order valence-electron chi connectivity index (χ0n) is 14.1. The lowest BCUT2D eigenvalue weighted by molar-refractivity contribution is 0.00714. The molecule has 0 aromatic heterocycles. The Morgan fingerprint density at radius 3 is 2.61 bits per heavy atom. The van der Waals surface area contributed by atoms with Gasteiger partial charge in [0.2, 0.25) is 0 Å². The Labute approximate surface area is 145 Å². The summed E-state index contributed by atoms with van der Waals surface area (Å²) in [6, 6.07) is 7.26. The van der Waals surface area contributed by atoms with Crippen LogP contribution in [0.1, 0.15) is 49.7 Å². The number of aliphatic hydroxyl groups excluding tert-OH is 1. The molecule has 23 heavy (non-hydrogen) atoms. The second-order valence-corrected chi connectivity index (χ2v) is 7.60. The topological polar surface area (TPSA) is 35.5 Å². The number of hydrogen-bond acceptors (Lipinski definition) is 3. The second kappa shape index (κ2) is 7.98. The summed E-state index contributed by atoms with van der Waals surface area (Å²) in [5.41, 5.74) is 2.45. The van der Waals surface area contributed by atoms with E-state index in [0.29, 0.717) is 12.1 Å². The van der Waals surface area contributed by atoms with Gasteiger partial charge in [-0.15, -0.1) is 0 Å². The summed E-state index contributed by atoms with van der Waals surface area (Å²) in [6.45, 7) is 5.19. The highest BCUT2D eigenvalue weighted by Gasteiger charge is 2.31. The van der Waals surface area contributed by atoms with Crippen LogP contribution >= 0.6 is 11.6 Å². The van der Waals surface area contributed by atoms with E-state index in [2.05, 4.69) is 29.3 Å². The van der Waals surface area contributed by atoms with Crippen LogP contribution in [0.3, 0.4) is 0 Å². The van der Waals surface area contributed by atoms with Gasteiger partial charge in [0, 0.05) is 36.7 Å². The zero-order chi connectivity index (χ0) is 16.2. The zero-order valence-corrected chi connectivity index (χ0v) is 14.9. The molecule has 0 bridgehead atoms. The van der Waals surface area contributed by atoms with Crippen molar-refractivity contribution >= 4 is 11.6 Å². The van der Waals surface area contributed by atoms with E-state index in [9.17, 15) is 5.11 Å². The van der Waals surface area contributed by atoms with Gasteiger partial charge in [0.25, 0.3) is 0 Å². The lowest BCUT2D eigenvalue weighted by atomic mass is 9.89. The Bertz CT molecular complexity index is 514. The van der Waals surface area contributed by atoms with E-state index in [0.717, 1.165) is 36.6 Å². The van der Waals surface area contributed by atoms with Gasteiger partial charge in [0.15, 0.2) is 0 Å². The number of aryl methyl sites for hydroxylation is 1. The first-order valence-electron chi connectivity index (χ1n) is 9.04. The molecule has 2 fully saturated rings. The number of hydrogen-bond donors (Lipinski definition) is 2. The highest BCUT2D eigenvalue weighted by molar-refractivity contribution is 6.31. The fraction of sp³-hybridized carbons (Fsp3) is 0.684. The molecule has 1 saturated heterocycles. The third-order valence-corrected chi connectivity index (χ3v) is 5.93. The van der Waals surface area contributed by atoms with Gasteiger partial charge in [0.1, 0.15) is 0 Å². The van der Waals surface area contributed by atoms with E-state index in [1.807, 2.05) is 6.07 Å². The van der Waals surface area contributed by atoms with Crippen molar-refractivity contribution in [3.63, 3.8) is 0 Å². The third-order valence-electron chi connectivity index (χ3n) is 5.51. The molecule has 2 aliphatic rings. The molecular weight excluding hydrogens is 308 g/mol. The van der Waals surface area contributed by atoms with Crippen molar-refractivity contribution in [1.29, 1.82) is 0 Å². The predicted molar refractivity (Wildman–Crippen MR) is 95.9 cm³/mol. The van der Waals surface area contributed by atoms with Crippen molar-refractivity contribution in [3.05, 3.63) is 34.3 Å².